The number of rotatable bonds is 4. The van der Waals surface area contributed by atoms with Gasteiger partial charge in [0.25, 0.3) is 0 Å². The van der Waals surface area contributed by atoms with Crippen LogP contribution in [0.3, 0.4) is 0 Å². The molecule has 1 heterocycles. The second-order valence-electron chi connectivity index (χ2n) is 2.71. The minimum atomic E-state index is -0.748. The van der Waals surface area contributed by atoms with E-state index in [-0.39, 0.29) is 0 Å². The normalized spacial score (nSPS) is 10.8. The minimum absolute atomic E-state index is 0.721. The Morgan fingerprint density at radius 1 is 1.18 bits per heavy atom. The van der Waals surface area contributed by atoms with Crippen LogP contribution < -0.4 is 22.3 Å². The molecule has 17 heavy (non-hydrogen) atoms. The maximum absolute atomic E-state index is 10.4. The summed E-state index contributed by atoms with van der Waals surface area (Å²) in [5.74, 6) is 0. The molecule has 9 heteroatoms. The van der Waals surface area contributed by atoms with Crippen LogP contribution in [-0.2, 0) is 0 Å². The van der Waals surface area contributed by atoms with Crippen LogP contribution in [0.5, 0.6) is 0 Å². The average molecular weight is 254 g/mol. The van der Waals surface area contributed by atoms with Gasteiger partial charge in [-0.05, 0) is 11.4 Å². The van der Waals surface area contributed by atoms with Crippen molar-refractivity contribution in [3.63, 3.8) is 0 Å². The third-order valence-corrected chi connectivity index (χ3v) is 2.33. The van der Waals surface area contributed by atoms with Crippen LogP contribution in [0.1, 0.15) is 10.4 Å². The molecular formula is C8H10N6O2S. The van der Waals surface area contributed by atoms with E-state index < -0.39 is 12.1 Å². The Bertz CT molecular complexity index is 426. The number of hydrazone groups is 2. The van der Waals surface area contributed by atoms with Gasteiger partial charge in [-0.15, -0.1) is 11.3 Å². The molecule has 1 aromatic heterocycles. The molecule has 1 aromatic rings. The number of thiophene rings is 1. The van der Waals surface area contributed by atoms with Crippen molar-refractivity contribution >= 4 is 35.8 Å². The number of nitrogens with zero attached hydrogens (tertiary/aromatic N) is 2. The molecule has 0 atom stereocenters. The Balaban J connectivity index is 2.65. The lowest BCUT2D eigenvalue weighted by Crippen LogP contribution is -2.24. The Morgan fingerprint density at radius 3 is 2.35 bits per heavy atom. The standard InChI is InChI=1S/C8H10N6O2S/c9-7(15)13-11-3-5-1-2-17-6(5)4-12-14-8(10)16/h1-4H,(H3,9,13,15)(H3,10,14,16). The number of nitrogens with two attached hydrogens (primary N) is 2. The second kappa shape index (κ2) is 6.23. The molecular weight excluding hydrogens is 244 g/mol. The van der Waals surface area contributed by atoms with Crippen molar-refractivity contribution in [3.8, 4) is 0 Å². The van der Waals surface area contributed by atoms with Gasteiger partial charge in [0.1, 0.15) is 0 Å². The summed E-state index contributed by atoms with van der Waals surface area (Å²) in [6, 6.07) is 0.271. The summed E-state index contributed by atoms with van der Waals surface area (Å²) in [7, 11) is 0. The number of urea groups is 2. The highest BCUT2D eigenvalue weighted by molar-refractivity contribution is 7.12. The van der Waals surface area contributed by atoms with Gasteiger partial charge in [0.15, 0.2) is 0 Å². The lowest BCUT2D eigenvalue weighted by Gasteiger charge is -1.93. The van der Waals surface area contributed by atoms with Crippen molar-refractivity contribution in [1.82, 2.24) is 10.9 Å². The summed E-state index contributed by atoms with van der Waals surface area (Å²) in [5.41, 5.74) is 14.5. The van der Waals surface area contributed by atoms with Gasteiger partial charge in [-0.25, -0.2) is 20.4 Å². The van der Waals surface area contributed by atoms with E-state index in [9.17, 15) is 9.59 Å². The average Bonchev–Trinajstić information content (AvgIpc) is 2.65. The predicted octanol–water partition coefficient (Wildman–Crippen LogP) is -0.248. The van der Waals surface area contributed by atoms with Crippen LogP contribution in [0.25, 0.3) is 0 Å². The molecule has 0 unspecified atom stereocenters. The van der Waals surface area contributed by atoms with Gasteiger partial charge in [-0.2, -0.15) is 10.2 Å². The number of carbonyl (C=O) groups excluding carboxylic acids is 2. The smallest absolute Gasteiger partial charge is 0.332 e. The molecule has 0 aromatic carbocycles. The Morgan fingerprint density at radius 2 is 1.76 bits per heavy atom. The molecule has 8 nitrogen and oxygen atoms in total. The number of carbonyl (C=O) groups is 2. The van der Waals surface area contributed by atoms with E-state index in [4.69, 9.17) is 11.5 Å². The number of amides is 4. The molecule has 0 saturated carbocycles. The SMILES string of the molecule is NC(=O)NN=Cc1ccsc1C=NNC(N)=O. The molecule has 1 rings (SSSR count). The van der Waals surface area contributed by atoms with Crippen molar-refractivity contribution in [3.05, 3.63) is 21.9 Å². The van der Waals surface area contributed by atoms with E-state index in [0.29, 0.717) is 0 Å². The molecule has 90 valence electrons. The largest absolute Gasteiger partial charge is 0.350 e. The van der Waals surface area contributed by atoms with Crippen LogP contribution in [0.4, 0.5) is 9.59 Å². The topological polar surface area (TPSA) is 135 Å². The highest BCUT2D eigenvalue weighted by atomic mass is 32.1. The fourth-order valence-corrected chi connectivity index (χ4v) is 1.59. The number of primary amides is 2. The first kappa shape index (κ1) is 12.6. The first-order chi connectivity index (χ1) is 8.09. The van der Waals surface area contributed by atoms with Gasteiger partial charge < -0.3 is 11.5 Å². The molecule has 0 aliphatic rings. The van der Waals surface area contributed by atoms with E-state index in [2.05, 4.69) is 21.1 Å². The third kappa shape index (κ3) is 4.75. The summed E-state index contributed by atoms with van der Waals surface area (Å²) in [4.78, 5) is 21.5. The van der Waals surface area contributed by atoms with Crippen LogP contribution >= 0.6 is 11.3 Å². The zero-order chi connectivity index (χ0) is 12.7. The van der Waals surface area contributed by atoms with Crippen molar-refractivity contribution in [2.45, 2.75) is 0 Å². The molecule has 0 saturated heterocycles. The van der Waals surface area contributed by atoms with Gasteiger partial charge in [0.2, 0.25) is 0 Å². The number of hydrogen-bond acceptors (Lipinski definition) is 5. The fraction of sp³-hybridized carbons (Fsp3) is 0. The van der Waals surface area contributed by atoms with E-state index >= 15 is 0 Å². The van der Waals surface area contributed by atoms with E-state index in [1.54, 1.807) is 11.4 Å². The fourth-order valence-electron chi connectivity index (χ4n) is 0.862. The quantitative estimate of drug-likeness (QED) is 0.435. The minimum Gasteiger partial charge on any atom is -0.350 e. The maximum Gasteiger partial charge on any atom is 0.332 e. The zero-order valence-corrected chi connectivity index (χ0v) is 9.40. The molecule has 0 aliphatic heterocycles. The molecule has 0 aliphatic carbocycles. The summed E-state index contributed by atoms with van der Waals surface area (Å²) >= 11 is 1.38. The molecule has 4 amide bonds. The highest BCUT2D eigenvalue weighted by Gasteiger charge is 1.99. The molecule has 0 radical (unpaired) electrons. The summed E-state index contributed by atoms with van der Waals surface area (Å²) in [5, 5.41) is 9.01. The highest BCUT2D eigenvalue weighted by Crippen LogP contribution is 2.11. The summed E-state index contributed by atoms with van der Waals surface area (Å²) in [6.07, 6.45) is 2.83. The maximum atomic E-state index is 10.4. The molecule has 0 fully saturated rings. The Labute approximate surface area is 100 Å². The van der Waals surface area contributed by atoms with Gasteiger partial charge in [0, 0.05) is 5.56 Å². The first-order valence-electron chi connectivity index (χ1n) is 4.34. The van der Waals surface area contributed by atoms with Crippen molar-refractivity contribution < 1.29 is 9.59 Å². The molecule has 0 bridgehead atoms. The zero-order valence-electron chi connectivity index (χ0n) is 8.58. The van der Waals surface area contributed by atoms with E-state index in [1.807, 2.05) is 0 Å². The monoisotopic (exact) mass is 254 g/mol. The van der Waals surface area contributed by atoms with Crippen LogP contribution in [-0.4, -0.2) is 24.5 Å². The second-order valence-corrected chi connectivity index (χ2v) is 3.66. The van der Waals surface area contributed by atoms with Gasteiger partial charge >= 0.3 is 12.1 Å². The Kier molecular flexibility index (Phi) is 4.63. The van der Waals surface area contributed by atoms with E-state index in [0.717, 1.165) is 10.4 Å². The lowest BCUT2D eigenvalue weighted by molar-refractivity contribution is 0.248. The van der Waals surface area contributed by atoms with Crippen molar-refractivity contribution in [2.75, 3.05) is 0 Å². The van der Waals surface area contributed by atoms with Crippen LogP contribution in [0, 0.1) is 0 Å². The number of nitrogens with one attached hydrogen (secondary N) is 2. The lowest BCUT2D eigenvalue weighted by atomic mass is 10.3. The number of hydrogen-bond donors (Lipinski definition) is 4. The Hall–Kier alpha value is -2.42. The molecule has 0 spiro atoms. The summed E-state index contributed by atoms with van der Waals surface area (Å²) < 4.78 is 0. The van der Waals surface area contributed by atoms with Gasteiger partial charge in [-0.3, -0.25) is 0 Å². The van der Waals surface area contributed by atoms with Crippen LogP contribution in [0.2, 0.25) is 0 Å². The molecule has 6 N–H and O–H groups in total. The van der Waals surface area contributed by atoms with Crippen molar-refractivity contribution in [1.29, 1.82) is 0 Å². The van der Waals surface area contributed by atoms with Gasteiger partial charge in [0.05, 0.1) is 17.3 Å². The summed E-state index contributed by atoms with van der Waals surface area (Å²) in [6.45, 7) is 0. The van der Waals surface area contributed by atoms with E-state index in [1.165, 1.54) is 23.8 Å². The van der Waals surface area contributed by atoms with Crippen molar-refractivity contribution in [2.24, 2.45) is 21.7 Å². The predicted molar refractivity (Wildman–Crippen MR) is 64.9 cm³/mol. The van der Waals surface area contributed by atoms with Gasteiger partial charge in [-0.1, -0.05) is 0 Å². The first-order valence-corrected chi connectivity index (χ1v) is 5.22. The van der Waals surface area contributed by atoms with Crippen LogP contribution in [0.15, 0.2) is 21.6 Å². The third-order valence-electron chi connectivity index (χ3n) is 1.46.